The highest BCUT2D eigenvalue weighted by molar-refractivity contribution is 6.00. The molecule has 0 aromatic heterocycles. The number of rotatable bonds is 7. The number of hydrogen-bond acceptors (Lipinski definition) is 3. The van der Waals surface area contributed by atoms with E-state index in [1.54, 1.807) is 19.1 Å². The minimum absolute atomic E-state index is 0.00384. The summed E-state index contributed by atoms with van der Waals surface area (Å²) in [4.78, 5) is 26.4. The van der Waals surface area contributed by atoms with E-state index < -0.39 is 0 Å². The van der Waals surface area contributed by atoms with Crippen LogP contribution in [0.25, 0.3) is 0 Å². The molecule has 5 nitrogen and oxygen atoms in total. The third kappa shape index (κ3) is 4.23. The molecule has 26 heavy (non-hydrogen) atoms. The molecule has 136 valence electrons. The van der Waals surface area contributed by atoms with Gasteiger partial charge in [0.2, 0.25) is 11.8 Å². The van der Waals surface area contributed by atoms with Crippen LogP contribution < -0.4 is 15.0 Å². The van der Waals surface area contributed by atoms with Crippen LogP contribution in [0.5, 0.6) is 5.75 Å². The van der Waals surface area contributed by atoms with Gasteiger partial charge in [0.25, 0.3) is 0 Å². The summed E-state index contributed by atoms with van der Waals surface area (Å²) in [5.74, 6) is 0.360. The molecule has 0 bridgehead atoms. The van der Waals surface area contributed by atoms with Gasteiger partial charge in [-0.15, -0.1) is 0 Å². The fraction of sp³-hybridized carbons (Fsp3) is 0.333. The second kappa shape index (κ2) is 8.04. The highest BCUT2D eigenvalue weighted by atomic mass is 16.5. The molecule has 1 aliphatic rings. The monoisotopic (exact) mass is 352 g/mol. The van der Waals surface area contributed by atoms with Gasteiger partial charge in [-0.2, -0.15) is 0 Å². The molecule has 0 heterocycles. The first kappa shape index (κ1) is 18.0. The normalized spacial score (nSPS) is 18.1. The zero-order valence-corrected chi connectivity index (χ0v) is 15.1. The Kier molecular flexibility index (Phi) is 5.56. The van der Waals surface area contributed by atoms with Crippen LogP contribution in [0.2, 0.25) is 0 Å². The molecule has 0 spiro atoms. The number of anilines is 1. The molecule has 1 saturated carbocycles. The Morgan fingerprint density at radius 1 is 1.12 bits per heavy atom. The van der Waals surface area contributed by atoms with E-state index in [-0.39, 0.29) is 23.7 Å². The van der Waals surface area contributed by atoms with E-state index in [1.807, 2.05) is 54.6 Å². The largest absolute Gasteiger partial charge is 0.497 e. The summed E-state index contributed by atoms with van der Waals surface area (Å²) in [5.41, 5.74) is 1.96. The van der Waals surface area contributed by atoms with Crippen molar-refractivity contribution in [3.63, 3.8) is 0 Å². The maximum Gasteiger partial charge on any atom is 0.230 e. The van der Waals surface area contributed by atoms with E-state index in [0.29, 0.717) is 13.0 Å². The average Bonchev–Trinajstić information content (AvgIpc) is 3.48. The number of carbonyl (C=O) groups excluding carboxylic acids is 2. The quantitative estimate of drug-likeness (QED) is 0.833. The molecule has 2 aromatic rings. The van der Waals surface area contributed by atoms with Gasteiger partial charge in [-0.3, -0.25) is 9.59 Å². The maximum atomic E-state index is 12.5. The summed E-state index contributed by atoms with van der Waals surface area (Å²) in [6.45, 7) is 0.554. The number of benzene rings is 2. The van der Waals surface area contributed by atoms with E-state index in [2.05, 4.69) is 5.32 Å². The lowest BCUT2D eigenvalue weighted by molar-refractivity contribution is -0.125. The second-order valence-corrected chi connectivity index (χ2v) is 6.57. The second-order valence-electron chi connectivity index (χ2n) is 6.57. The van der Waals surface area contributed by atoms with Gasteiger partial charge in [0.1, 0.15) is 5.75 Å². The van der Waals surface area contributed by atoms with Crippen molar-refractivity contribution in [2.24, 2.45) is 11.8 Å². The molecule has 3 rings (SSSR count). The maximum absolute atomic E-state index is 12.5. The van der Waals surface area contributed by atoms with Crippen molar-refractivity contribution < 1.29 is 14.3 Å². The standard InChI is InChI=1S/C21H24N2O3/c1-23(16-8-4-3-5-9-16)21(25)19-14-18(19)20(24)22-12-11-15-7-6-10-17(13-15)26-2/h3-10,13,18-19H,11-12,14H2,1-2H3,(H,22,24). The predicted molar refractivity (Wildman–Crippen MR) is 101 cm³/mol. The van der Waals surface area contributed by atoms with E-state index in [9.17, 15) is 9.59 Å². The molecule has 0 aliphatic heterocycles. The highest BCUT2D eigenvalue weighted by Gasteiger charge is 2.49. The Morgan fingerprint density at radius 2 is 1.88 bits per heavy atom. The Hall–Kier alpha value is -2.82. The van der Waals surface area contributed by atoms with Gasteiger partial charge in [-0.1, -0.05) is 30.3 Å². The molecule has 2 amide bonds. The third-order valence-electron chi connectivity index (χ3n) is 4.77. The van der Waals surface area contributed by atoms with Crippen LogP contribution in [0.4, 0.5) is 5.69 Å². The van der Waals surface area contributed by atoms with Crippen molar-refractivity contribution in [3.8, 4) is 5.75 Å². The first-order chi connectivity index (χ1) is 12.6. The predicted octanol–water partition coefficient (Wildman–Crippen LogP) is 2.65. The van der Waals surface area contributed by atoms with Crippen LogP contribution in [0, 0.1) is 11.8 Å². The van der Waals surface area contributed by atoms with Crippen molar-refractivity contribution in [2.75, 3.05) is 25.6 Å². The molecular weight excluding hydrogens is 328 g/mol. The molecule has 1 N–H and O–H groups in total. The smallest absolute Gasteiger partial charge is 0.230 e. The van der Waals surface area contributed by atoms with Gasteiger partial charge in [0.15, 0.2) is 0 Å². The molecule has 1 fully saturated rings. The highest BCUT2D eigenvalue weighted by Crippen LogP contribution is 2.40. The van der Waals surface area contributed by atoms with Gasteiger partial charge in [-0.05, 0) is 42.7 Å². The Morgan fingerprint density at radius 3 is 2.62 bits per heavy atom. The lowest BCUT2D eigenvalue weighted by Crippen LogP contribution is -2.32. The molecule has 1 aliphatic carbocycles. The molecule has 0 radical (unpaired) electrons. The third-order valence-corrected chi connectivity index (χ3v) is 4.77. The van der Waals surface area contributed by atoms with Crippen molar-refractivity contribution in [3.05, 3.63) is 60.2 Å². The lowest BCUT2D eigenvalue weighted by atomic mass is 10.1. The summed E-state index contributed by atoms with van der Waals surface area (Å²) in [6, 6.07) is 17.3. The van der Waals surface area contributed by atoms with E-state index in [1.165, 1.54) is 0 Å². The van der Waals surface area contributed by atoms with Crippen molar-refractivity contribution in [1.29, 1.82) is 0 Å². The summed E-state index contributed by atoms with van der Waals surface area (Å²) in [5, 5.41) is 2.94. The molecule has 5 heteroatoms. The number of para-hydroxylation sites is 1. The minimum atomic E-state index is -0.211. The van der Waals surface area contributed by atoms with Crippen LogP contribution >= 0.6 is 0 Å². The summed E-state index contributed by atoms with van der Waals surface area (Å²) in [7, 11) is 3.39. The fourth-order valence-corrected chi connectivity index (χ4v) is 3.07. The van der Waals surface area contributed by atoms with Gasteiger partial charge in [0.05, 0.1) is 18.9 Å². The van der Waals surface area contributed by atoms with E-state index >= 15 is 0 Å². The Bertz CT molecular complexity index is 776. The minimum Gasteiger partial charge on any atom is -0.497 e. The number of carbonyl (C=O) groups is 2. The molecule has 2 atom stereocenters. The number of methoxy groups -OCH3 is 1. The average molecular weight is 352 g/mol. The van der Waals surface area contributed by atoms with Crippen LogP contribution in [-0.4, -0.2) is 32.5 Å². The van der Waals surface area contributed by atoms with Gasteiger partial charge >= 0.3 is 0 Å². The molecule has 2 aromatic carbocycles. The van der Waals surface area contributed by atoms with Gasteiger partial charge < -0.3 is 15.0 Å². The molecule has 0 saturated heterocycles. The zero-order valence-electron chi connectivity index (χ0n) is 15.1. The molecule has 2 unspecified atom stereocenters. The first-order valence-corrected chi connectivity index (χ1v) is 8.83. The Balaban J connectivity index is 1.46. The number of ether oxygens (including phenoxy) is 1. The zero-order chi connectivity index (χ0) is 18.5. The number of hydrogen-bond donors (Lipinski definition) is 1. The van der Waals surface area contributed by atoms with E-state index in [0.717, 1.165) is 23.4 Å². The SMILES string of the molecule is COc1cccc(CCNC(=O)C2CC2C(=O)N(C)c2ccccc2)c1. The lowest BCUT2D eigenvalue weighted by Gasteiger charge is -2.17. The topological polar surface area (TPSA) is 58.6 Å². The van der Waals surface area contributed by atoms with Crippen LogP contribution in [-0.2, 0) is 16.0 Å². The Labute approximate surface area is 154 Å². The van der Waals surface area contributed by atoms with Crippen LogP contribution in [0.1, 0.15) is 12.0 Å². The first-order valence-electron chi connectivity index (χ1n) is 8.83. The number of nitrogens with zero attached hydrogens (tertiary/aromatic N) is 1. The summed E-state index contributed by atoms with van der Waals surface area (Å²) < 4.78 is 5.20. The van der Waals surface area contributed by atoms with Gasteiger partial charge in [-0.25, -0.2) is 0 Å². The van der Waals surface area contributed by atoms with E-state index in [4.69, 9.17) is 4.74 Å². The summed E-state index contributed by atoms with van der Waals surface area (Å²) in [6.07, 6.45) is 1.36. The molecular formula is C21H24N2O3. The fourth-order valence-electron chi connectivity index (χ4n) is 3.07. The van der Waals surface area contributed by atoms with Crippen LogP contribution in [0.3, 0.4) is 0 Å². The van der Waals surface area contributed by atoms with Crippen LogP contribution in [0.15, 0.2) is 54.6 Å². The van der Waals surface area contributed by atoms with Crippen molar-refractivity contribution in [2.45, 2.75) is 12.8 Å². The van der Waals surface area contributed by atoms with Gasteiger partial charge in [0, 0.05) is 19.3 Å². The summed E-state index contributed by atoms with van der Waals surface area (Å²) >= 11 is 0. The van der Waals surface area contributed by atoms with Crippen molar-refractivity contribution in [1.82, 2.24) is 5.32 Å². The number of nitrogens with one attached hydrogen (secondary N) is 1. The van der Waals surface area contributed by atoms with Crippen molar-refractivity contribution >= 4 is 17.5 Å². The number of amides is 2.